The van der Waals surface area contributed by atoms with E-state index in [2.05, 4.69) is 11.4 Å². The summed E-state index contributed by atoms with van der Waals surface area (Å²) in [4.78, 5) is 12.2. The van der Waals surface area contributed by atoms with Crippen molar-refractivity contribution in [3.63, 3.8) is 0 Å². The number of hydrogen-bond acceptors (Lipinski definition) is 3. The number of anilines is 1. The summed E-state index contributed by atoms with van der Waals surface area (Å²) in [7, 11) is 0. The number of carbonyl (C=O) groups excluding carboxylic acids is 1. The van der Waals surface area contributed by atoms with Crippen molar-refractivity contribution in [2.24, 2.45) is 0 Å². The lowest BCUT2D eigenvalue weighted by molar-refractivity contribution is -0.119. The molecule has 4 heteroatoms. The molecule has 16 heavy (non-hydrogen) atoms. The van der Waals surface area contributed by atoms with Gasteiger partial charge in [0.15, 0.2) is 0 Å². The average molecular weight is 236 g/mol. The molecule has 1 aromatic carbocycles. The monoisotopic (exact) mass is 236 g/mol. The van der Waals surface area contributed by atoms with Crippen molar-refractivity contribution in [1.82, 2.24) is 5.32 Å². The molecule has 1 aliphatic heterocycles. The van der Waals surface area contributed by atoms with Crippen molar-refractivity contribution < 1.29 is 4.79 Å². The van der Waals surface area contributed by atoms with Gasteiger partial charge in [-0.2, -0.15) is 0 Å². The number of carbonyl (C=O) groups is 1. The fraction of sp³-hybridized carbons (Fsp3) is 0.417. The zero-order valence-corrected chi connectivity index (χ0v) is 10.1. The van der Waals surface area contributed by atoms with Crippen LogP contribution in [-0.4, -0.2) is 17.7 Å². The Balaban J connectivity index is 1.89. The summed E-state index contributed by atoms with van der Waals surface area (Å²) in [5.41, 5.74) is 7.70. The lowest BCUT2D eigenvalue weighted by Gasteiger charge is -2.10. The van der Waals surface area contributed by atoms with Crippen LogP contribution in [0.15, 0.2) is 23.1 Å². The Hall–Kier alpha value is -1.16. The van der Waals surface area contributed by atoms with Gasteiger partial charge in [-0.3, -0.25) is 4.79 Å². The number of nitrogen functional groups attached to an aromatic ring is 1. The molecular weight excluding hydrogens is 220 g/mol. The van der Waals surface area contributed by atoms with E-state index in [1.54, 1.807) is 11.8 Å². The van der Waals surface area contributed by atoms with Gasteiger partial charge in [0.05, 0.1) is 0 Å². The van der Waals surface area contributed by atoms with Gasteiger partial charge in [-0.05, 0) is 37.1 Å². The zero-order chi connectivity index (χ0) is 11.5. The van der Waals surface area contributed by atoms with Gasteiger partial charge in [0.1, 0.15) is 0 Å². The third kappa shape index (κ3) is 2.70. The third-order valence-corrected chi connectivity index (χ3v) is 3.93. The molecule has 1 unspecified atom stereocenters. The van der Waals surface area contributed by atoms with Gasteiger partial charge >= 0.3 is 0 Å². The highest BCUT2D eigenvalue weighted by Gasteiger charge is 2.20. The summed E-state index contributed by atoms with van der Waals surface area (Å²) in [5.74, 6) is 1.12. The number of nitrogens with two attached hydrogens (primary N) is 1. The maximum absolute atomic E-state index is 11.0. The zero-order valence-electron chi connectivity index (χ0n) is 9.32. The molecular formula is C12H16N2OS. The predicted molar refractivity (Wildman–Crippen MR) is 67.5 cm³/mol. The summed E-state index contributed by atoms with van der Waals surface area (Å²) in [6, 6.07) is 6.39. The van der Waals surface area contributed by atoms with Gasteiger partial charge in [-0.25, -0.2) is 0 Å². The van der Waals surface area contributed by atoms with Crippen molar-refractivity contribution in [3.05, 3.63) is 23.8 Å². The normalized spacial score (nSPS) is 19.8. The quantitative estimate of drug-likeness (QED) is 0.623. The largest absolute Gasteiger partial charge is 0.399 e. The number of aryl methyl sites for hydroxylation is 1. The van der Waals surface area contributed by atoms with Crippen LogP contribution in [0.3, 0.4) is 0 Å². The second-order valence-corrected chi connectivity index (χ2v) is 5.23. The Morgan fingerprint density at radius 3 is 3.00 bits per heavy atom. The van der Waals surface area contributed by atoms with Crippen LogP contribution in [0.5, 0.6) is 0 Å². The molecule has 0 bridgehead atoms. The number of nitrogens with one attached hydrogen (secondary N) is 1. The fourth-order valence-electron chi connectivity index (χ4n) is 1.74. The average Bonchev–Trinajstić information content (AvgIpc) is 2.66. The van der Waals surface area contributed by atoms with Crippen LogP contribution < -0.4 is 11.1 Å². The molecule has 0 aliphatic carbocycles. The van der Waals surface area contributed by atoms with Crippen molar-refractivity contribution in [1.29, 1.82) is 0 Å². The summed E-state index contributed by atoms with van der Waals surface area (Å²) in [6.45, 7) is 2.01. The molecule has 1 amide bonds. The van der Waals surface area contributed by atoms with Crippen LogP contribution in [0.1, 0.15) is 18.4 Å². The van der Waals surface area contributed by atoms with Crippen LogP contribution in [0, 0.1) is 6.92 Å². The first-order valence-corrected chi connectivity index (χ1v) is 6.42. The molecule has 1 fully saturated rings. The number of rotatable bonds is 3. The van der Waals surface area contributed by atoms with E-state index >= 15 is 0 Å². The van der Waals surface area contributed by atoms with Gasteiger partial charge in [0.25, 0.3) is 0 Å². The van der Waals surface area contributed by atoms with Gasteiger partial charge in [0, 0.05) is 28.8 Å². The molecule has 3 N–H and O–H groups in total. The fourth-order valence-corrected chi connectivity index (χ4v) is 2.81. The highest BCUT2D eigenvalue weighted by Crippen LogP contribution is 2.24. The van der Waals surface area contributed by atoms with Crippen LogP contribution in [0.25, 0.3) is 0 Å². The Bertz CT molecular complexity index is 406. The minimum atomic E-state index is 0.180. The summed E-state index contributed by atoms with van der Waals surface area (Å²) >= 11 is 1.77. The van der Waals surface area contributed by atoms with Gasteiger partial charge in [-0.15, -0.1) is 11.8 Å². The Labute approximate surface area is 99.8 Å². The molecule has 0 spiro atoms. The van der Waals surface area contributed by atoms with Gasteiger partial charge in [0.2, 0.25) is 5.91 Å². The smallest absolute Gasteiger partial charge is 0.220 e. The molecule has 1 heterocycles. The first-order valence-electron chi connectivity index (χ1n) is 5.43. The Morgan fingerprint density at radius 1 is 1.56 bits per heavy atom. The minimum absolute atomic E-state index is 0.180. The van der Waals surface area contributed by atoms with E-state index in [1.807, 2.05) is 19.1 Å². The standard InChI is InChI=1S/C12H16N2OS/c1-8-6-10(3-4-11(8)13)16-7-9-2-5-12(15)14-9/h3-4,6,9H,2,5,7,13H2,1H3,(H,14,15). The second-order valence-electron chi connectivity index (χ2n) is 4.13. The van der Waals surface area contributed by atoms with Gasteiger partial charge in [-0.1, -0.05) is 0 Å². The van der Waals surface area contributed by atoms with E-state index in [0.29, 0.717) is 12.5 Å². The molecule has 0 radical (unpaired) electrons. The highest BCUT2D eigenvalue weighted by atomic mass is 32.2. The first-order chi connectivity index (χ1) is 7.65. The molecule has 0 saturated carbocycles. The molecule has 1 aliphatic rings. The van der Waals surface area contributed by atoms with E-state index in [-0.39, 0.29) is 5.91 Å². The van der Waals surface area contributed by atoms with Crippen molar-refractivity contribution >= 4 is 23.4 Å². The number of amides is 1. The number of thioether (sulfide) groups is 1. The predicted octanol–water partition coefficient (Wildman–Crippen LogP) is 1.95. The van der Waals surface area contributed by atoms with Crippen LogP contribution in [0.2, 0.25) is 0 Å². The third-order valence-electron chi connectivity index (χ3n) is 2.78. The van der Waals surface area contributed by atoms with Crippen LogP contribution >= 0.6 is 11.8 Å². The van der Waals surface area contributed by atoms with E-state index in [4.69, 9.17) is 5.73 Å². The van der Waals surface area contributed by atoms with Crippen LogP contribution in [-0.2, 0) is 4.79 Å². The van der Waals surface area contributed by atoms with E-state index in [9.17, 15) is 4.79 Å². The summed E-state index contributed by atoms with van der Waals surface area (Å²) in [6.07, 6.45) is 1.63. The number of hydrogen-bond donors (Lipinski definition) is 2. The van der Waals surface area contributed by atoms with Crippen LogP contribution in [0.4, 0.5) is 5.69 Å². The summed E-state index contributed by atoms with van der Waals surface area (Å²) in [5, 5.41) is 2.97. The van der Waals surface area contributed by atoms with Crippen molar-refractivity contribution in [2.45, 2.75) is 30.7 Å². The molecule has 1 atom stereocenters. The van der Waals surface area contributed by atoms with E-state index in [0.717, 1.165) is 23.4 Å². The van der Waals surface area contributed by atoms with E-state index < -0.39 is 0 Å². The van der Waals surface area contributed by atoms with Crippen molar-refractivity contribution in [3.8, 4) is 0 Å². The Morgan fingerprint density at radius 2 is 2.38 bits per heavy atom. The maximum atomic E-state index is 11.0. The van der Waals surface area contributed by atoms with Gasteiger partial charge < -0.3 is 11.1 Å². The maximum Gasteiger partial charge on any atom is 0.220 e. The SMILES string of the molecule is Cc1cc(SCC2CCC(=O)N2)ccc1N. The van der Waals surface area contributed by atoms with E-state index in [1.165, 1.54) is 4.90 Å². The molecule has 3 nitrogen and oxygen atoms in total. The first kappa shape index (κ1) is 11.3. The highest BCUT2D eigenvalue weighted by molar-refractivity contribution is 7.99. The second kappa shape index (κ2) is 4.78. The lowest BCUT2D eigenvalue weighted by atomic mass is 10.2. The van der Waals surface area contributed by atoms with Crippen molar-refractivity contribution in [2.75, 3.05) is 11.5 Å². The minimum Gasteiger partial charge on any atom is -0.399 e. The number of benzene rings is 1. The molecule has 2 rings (SSSR count). The molecule has 0 aromatic heterocycles. The molecule has 1 saturated heterocycles. The lowest BCUT2D eigenvalue weighted by Crippen LogP contribution is -2.27. The Kier molecular flexibility index (Phi) is 3.39. The molecule has 1 aromatic rings. The molecule has 86 valence electrons. The topological polar surface area (TPSA) is 55.1 Å². The summed E-state index contributed by atoms with van der Waals surface area (Å²) < 4.78 is 0.